The Balaban J connectivity index is 1.47. The van der Waals surface area contributed by atoms with Crippen molar-refractivity contribution in [3.63, 3.8) is 0 Å². The molecule has 3 aromatic rings. The van der Waals surface area contributed by atoms with Gasteiger partial charge < -0.3 is 19.0 Å². The molecule has 7 heteroatoms. The molecule has 0 spiro atoms. The van der Waals surface area contributed by atoms with Crippen molar-refractivity contribution < 1.29 is 14.0 Å². The Labute approximate surface area is 205 Å². The van der Waals surface area contributed by atoms with Crippen LogP contribution in [0.3, 0.4) is 0 Å². The molecule has 35 heavy (non-hydrogen) atoms. The molecule has 1 unspecified atom stereocenters. The molecule has 3 heterocycles. The van der Waals surface area contributed by atoms with Gasteiger partial charge in [0.05, 0.1) is 30.9 Å². The summed E-state index contributed by atoms with van der Waals surface area (Å²) in [6.45, 7) is 7.29. The largest absolute Gasteiger partial charge is 0.495 e. The molecule has 0 radical (unpaired) electrons. The second kappa shape index (κ2) is 9.56. The van der Waals surface area contributed by atoms with Gasteiger partial charge in [-0.15, -0.1) is 0 Å². The fourth-order valence-corrected chi connectivity index (χ4v) is 5.08. The minimum atomic E-state index is -0.248. The van der Waals surface area contributed by atoms with Crippen molar-refractivity contribution >= 4 is 11.9 Å². The fraction of sp³-hybridized carbons (Fsp3) is 0.357. The first-order valence-electron chi connectivity index (χ1n) is 12.1. The number of rotatable bonds is 5. The molecule has 0 amide bonds. The quantitative estimate of drug-likeness (QED) is 0.461. The smallest absolute Gasteiger partial charge is 0.173 e. The highest BCUT2D eigenvalue weighted by Crippen LogP contribution is 2.38. The molecule has 6 nitrogen and oxygen atoms in total. The van der Waals surface area contributed by atoms with Gasteiger partial charge >= 0.3 is 0 Å². The molecule has 2 aliphatic heterocycles. The second-order valence-corrected chi connectivity index (χ2v) is 9.55. The zero-order valence-corrected chi connectivity index (χ0v) is 20.6. The number of aromatic nitrogens is 2. The number of methoxy groups -OCH3 is 1. The van der Waals surface area contributed by atoms with Crippen LogP contribution in [0.4, 0.5) is 4.39 Å². The first-order valence-corrected chi connectivity index (χ1v) is 12.1. The van der Waals surface area contributed by atoms with E-state index in [0.29, 0.717) is 5.92 Å². The predicted octanol–water partition coefficient (Wildman–Crippen LogP) is 5.92. The van der Waals surface area contributed by atoms with Crippen LogP contribution in [0, 0.1) is 18.7 Å². The minimum absolute atomic E-state index is 0.109. The lowest BCUT2D eigenvalue weighted by Crippen LogP contribution is -2.52. The van der Waals surface area contributed by atoms with Gasteiger partial charge in [-0.2, -0.15) is 0 Å². The van der Waals surface area contributed by atoms with Crippen LogP contribution in [-0.4, -0.2) is 40.0 Å². The molecule has 182 valence electrons. The normalized spacial score (nSPS) is 21.0. The molecule has 2 aromatic carbocycles. The summed E-state index contributed by atoms with van der Waals surface area (Å²) >= 11 is 0. The van der Waals surface area contributed by atoms with E-state index < -0.39 is 0 Å². The number of benzene rings is 2. The Morgan fingerprint density at radius 1 is 1.17 bits per heavy atom. The van der Waals surface area contributed by atoms with Crippen LogP contribution < -0.4 is 4.74 Å². The summed E-state index contributed by atoms with van der Waals surface area (Å²) in [5, 5.41) is 4.59. The number of nitrogens with zero attached hydrogens (tertiary/aromatic N) is 4. The van der Waals surface area contributed by atoms with Crippen LogP contribution in [0.5, 0.6) is 5.75 Å². The fourth-order valence-electron chi connectivity index (χ4n) is 5.08. The molecule has 2 atom stereocenters. The van der Waals surface area contributed by atoms with E-state index in [1.54, 1.807) is 25.6 Å². The molecule has 0 N–H and O–H groups in total. The molecule has 1 saturated heterocycles. The van der Waals surface area contributed by atoms with Crippen molar-refractivity contribution in [2.45, 2.75) is 45.8 Å². The van der Waals surface area contributed by atoms with E-state index >= 15 is 0 Å². The maximum absolute atomic E-state index is 13.5. The van der Waals surface area contributed by atoms with Crippen LogP contribution >= 0.6 is 0 Å². The minimum Gasteiger partial charge on any atom is -0.495 e. The molecule has 0 saturated carbocycles. The number of oxime groups is 1. The van der Waals surface area contributed by atoms with E-state index in [1.807, 2.05) is 29.8 Å². The Hall–Kier alpha value is -3.61. The highest BCUT2D eigenvalue weighted by Gasteiger charge is 2.40. The van der Waals surface area contributed by atoms with Gasteiger partial charge in [-0.3, -0.25) is 0 Å². The zero-order valence-electron chi connectivity index (χ0n) is 20.6. The van der Waals surface area contributed by atoms with Gasteiger partial charge in [0.15, 0.2) is 11.9 Å². The van der Waals surface area contributed by atoms with Crippen molar-refractivity contribution in [3.8, 4) is 11.4 Å². The third-order valence-corrected chi connectivity index (χ3v) is 6.74. The topological polar surface area (TPSA) is 51.9 Å². The van der Waals surface area contributed by atoms with E-state index in [0.717, 1.165) is 59.1 Å². The summed E-state index contributed by atoms with van der Waals surface area (Å²) in [5.41, 5.74) is 5.03. The molecule has 2 aliphatic rings. The van der Waals surface area contributed by atoms with E-state index in [4.69, 9.17) is 9.57 Å². The molecule has 1 fully saturated rings. The van der Waals surface area contributed by atoms with Gasteiger partial charge in [-0.05, 0) is 72.7 Å². The molecule has 0 aliphatic carbocycles. The monoisotopic (exact) mass is 474 g/mol. The number of fused-ring (bicyclic) bond motifs is 1. The number of hydrogen-bond acceptors (Lipinski definition) is 5. The van der Waals surface area contributed by atoms with Crippen LogP contribution in [0.2, 0.25) is 0 Å². The molecule has 5 rings (SSSR count). The number of imidazole rings is 1. The number of ether oxygens (including phenoxy) is 1. The van der Waals surface area contributed by atoms with Crippen LogP contribution in [0.1, 0.15) is 49.6 Å². The van der Waals surface area contributed by atoms with Gasteiger partial charge in [-0.25, -0.2) is 9.37 Å². The van der Waals surface area contributed by atoms with Crippen molar-refractivity contribution in [2.24, 2.45) is 11.1 Å². The van der Waals surface area contributed by atoms with E-state index in [1.165, 1.54) is 12.1 Å². The first-order chi connectivity index (χ1) is 16.9. The van der Waals surface area contributed by atoms with Crippen LogP contribution in [0.15, 0.2) is 65.7 Å². The highest BCUT2D eigenvalue weighted by molar-refractivity contribution is 6.03. The van der Waals surface area contributed by atoms with Gasteiger partial charge in [-0.1, -0.05) is 37.2 Å². The lowest BCUT2D eigenvalue weighted by Gasteiger charge is -2.45. The van der Waals surface area contributed by atoms with E-state index in [9.17, 15) is 4.39 Å². The lowest BCUT2D eigenvalue weighted by molar-refractivity contribution is -0.0371. The van der Waals surface area contributed by atoms with E-state index in [-0.39, 0.29) is 18.0 Å². The number of aryl methyl sites for hydroxylation is 1. The number of amidine groups is 1. The van der Waals surface area contributed by atoms with Crippen molar-refractivity contribution in [2.75, 3.05) is 13.7 Å². The SMILES string of the molecule is COc1cc(C=C2CCCN3C2=NOC(c2ccc(F)cc2)[C@@H]3C(C)C)ccc1-n1cnc(C)c1. The summed E-state index contributed by atoms with van der Waals surface area (Å²) in [4.78, 5) is 12.8. The number of piperidine rings is 1. The standard InChI is InChI=1S/C28H31FN4O2/c1-18(2)26-27(21-8-10-23(29)11-9-21)35-31-28-22(6-5-13-33(26)28)14-20-7-12-24(25(15-20)34-4)32-16-19(3)30-17-32/h7-12,14-18,26-27H,5-6,13H2,1-4H3/t26-,27?/m0/s1. The van der Waals surface area contributed by atoms with Gasteiger partial charge in [0, 0.05) is 12.7 Å². The summed E-state index contributed by atoms with van der Waals surface area (Å²) in [6.07, 6.45) is 7.67. The van der Waals surface area contributed by atoms with Crippen molar-refractivity contribution in [1.29, 1.82) is 0 Å². The third-order valence-electron chi connectivity index (χ3n) is 6.74. The summed E-state index contributed by atoms with van der Waals surface area (Å²) < 4.78 is 21.2. The zero-order chi connectivity index (χ0) is 24.5. The maximum Gasteiger partial charge on any atom is 0.173 e. The number of hydrogen-bond donors (Lipinski definition) is 0. The third kappa shape index (κ3) is 4.55. The van der Waals surface area contributed by atoms with Gasteiger partial charge in [0.2, 0.25) is 0 Å². The average molecular weight is 475 g/mol. The van der Waals surface area contributed by atoms with E-state index in [2.05, 4.69) is 41.0 Å². The van der Waals surface area contributed by atoms with Crippen LogP contribution in [0.25, 0.3) is 11.8 Å². The Morgan fingerprint density at radius 3 is 2.66 bits per heavy atom. The summed E-state index contributed by atoms with van der Waals surface area (Å²) in [5.74, 6) is 1.75. The summed E-state index contributed by atoms with van der Waals surface area (Å²) in [6, 6.07) is 12.9. The predicted molar refractivity (Wildman–Crippen MR) is 135 cm³/mol. The molecule has 0 bridgehead atoms. The lowest BCUT2D eigenvalue weighted by atomic mass is 9.88. The maximum atomic E-state index is 13.5. The number of halogens is 1. The first kappa shape index (κ1) is 23.1. The van der Waals surface area contributed by atoms with Crippen molar-refractivity contribution in [3.05, 3.63) is 83.2 Å². The average Bonchev–Trinajstić information content (AvgIpc) is 3.29. The van der Waals surface area contributed by atoms with Crippen LogP contribution in [-0.2, 0) is 4.84 Å². The molecule has 1 aromatic heterocycles. The molecular weight excluding hydrogens is 443 g/mol. The Bertz CT molecular complexity index is 1260. The Morgan fingerprint density at radius 2 is 1.97 bits per heavy atom. The highest BCUT2D eigenvalue weighted by atomic mass is 19.1. The Kier molecular flexibility index (Phi) is 6.32. The molecular formula is C28H31FN4O2. The van der Waals surface area contributed by atoms with Gasteiger partial charge in [0.1, 0.15) is 11.6 Å². The van der Waals surface area contributed by atoms with Gasteiger partial charge in [0.25, 0.3) is 0 Å². The summed E-state index contributed by atoms with van der Waals surface area (Å²) in [7, 11) is 1.68. The van der Waals surface area contributed by atoms with Crippen molar-refractivity contribution in [1.82, 2.24) is 14.5 Å². The second-order valence-electron chi connectivity index (χ2n) is 9.55.